The zero-order valence-corrected chi connectivity index (χ0v) is 11.0. The van der Waals surface area contributed by atoms with E-state index in [-0.39, 0.29) is 5.69 Å². The fourth-order valence-corrected chi connectivity index (χ4v) is 2.16. The molecule has 102 valence electrons. The van der Waals surface area contributed by atoms with Crippen LogP contribution in [0.3, 0.4) is 0 Å². The Kier molecular flexibility index (Phi) is 2.50. The second kappa shape index (κ2) is 4.09. The Labute approximate surface area is 113 Å². The standard InChI is InChI=1S/C13H12N4O3/c1-7-5-11(20-15-7)17-10-6-8(12(14)18)3-4-9(10)16(2)13(17)19/h3-6H,1-2H3,(H2,14,18). The van der Waals surface area contributed by atoms with E-state index in [1.165, 1.54) is 9.13 Å². The number of aryl methyl sites for hydroxylation is 2. The first-order chi connectivity index (χ1) is 9.49. The highest BCUT2D eigenvalue weighted by Crippen LogP contribution is 2.19. The summed E-state index contributed by atoms with van der Waals surface area (Å²) in [6.45, 7) is 1.76. The number of hydrogen-bond donors (Lipinski definition) is 1. The van der Waals surface area contributed by atoms with Gasteiger partial charge in [0.25, 0.3) is 0 Å². The Morgan fingerprint density at radius 2 is 2.05 bits per heavy atom. The molecule has 0 saturated heterocycles. The third kappa shape index (κ3) is 1.63. The highest BCUT2D eigenvalue weighted by Gasteiger charge is 2.16. The minimum Gasteiger partial charge on any atom is -0.366 e. The molecule has 20 heavy (non-hydrogen) atoms. The van der Waals surface area contributed by atoms with Gasteiger partial charge in [0.05, 0.1) is 16.7 Å². The lowest BCUT2D eigenvalue weighted by Gasteiger charge is -1.99. The van der Waals surface area contributed by atoms with Crippen LogP contribution in [-0.2, 0) is 7.05 Å². The Bertz CT molecular complexity index is 885. The van der Waals surface area contributed by atoms with Crippen LogP contribution in [0.2, 0.25) is 0 Å². The summed E-state index contributed by atoms with van der Waals surface area (Å²) in [5.74, 6) is -0.247. The average Bonchev–Trinajstić information content (AvgIpc) is 2.93. The van der Waals surface area contributed by atoms with E-state index in [9.17, 15) is 9.59 Å². The SMILES string of the molecule is Cc1cc(-n2c(=O)n(C)c3ccc(C(N)=O)cc32)on1. The third-order valence-corrected chi connectivity index (χ3v) is 3.18. The maximum atomic E-state index is 12.3. The first-order valence-corrected chi connectivity index (χ1v) is 5.94. The predicted molar refractivity (Wildman–Crippen MR) is 71.8 cm³/mol. The molecule has 0 aliphatic carbocycles. The maximum Gasteiger partial charge on any atom is 0.335 e. The van der Waals surface area contributed by atoms with E-state index in [1.807, 2.05) is 0 Å². The smallest absolute Gasteiger partial charge is 0.335 e. The molecule has 0 atom stereocenters. The van der Waals surface area contributed by atoms with Crippen LogP contribution in [0.15, 0.2) is 33.6 Å². The minimum absolute atomic E-state index is 0.280. The Hall–Kier alpha value is -2.83. The summed E-state index contributed by atoms with van der Waals surface area (Å²) in [5, 5.41) is 3.77. The van der Waals surface area contributed by atoms with Gasteiger partial charge in [0.2, 0.25) is 11.8 Å². The summed E-state index contributed by atoms with van der Waals surface area (Å²) >= 11 is 0. The zero-order valence-electron chi connectivity index (χ0n) is 11.0. The molecule has 2 N–H and O–H groups in total. The van der Waals surface area contributed by atoms with Gasteiger partial charge in [0, 0.05) is 18.7 Å². The molecule has 0 bridgehead atoms. The maximum absolute atomic E-state index is 12.3. The second-order valence-corrected chi connectivity index (χ2v) is 4.55. The Balaban J connectivity index is 2.40. The fourth-order valence-electron chi connectivity index (χ4n) is 2.16. The lowest BCUT2D eigenvalue weighted by atomic mass is 10.2. The van der Waals surface area contributed by atoms with E-state index in [0.717, 1.165) is 0 Å². The number of aromatic nitrogens is 3. The second-order valence-electron chi connectivity index (χ2n) is 4.55. The van der Waals surface area contributed by atoms with Gasteiger partial charge in [-0.3, -0.25) is 9.36 Å². The molecule has 0 aliphatic heterocycles. The van der Waals surface area contributed by atoms with Crippen LogP contribution >= 0.6 is 0 Å². The van der Waals surface area contributed by atoms with Gasteiger partial charge in [-0.25, -0.2) is 9.36 Å². The van der Waals surface area contributed by atoms with Crippen LogP contribution in [0.4, 0.5) is 0 Å². The van der Waals surface area contributed by atoms with Crippen molar-refractivity contribution in [3.8, 4) is 5.88 Å². The van der Waals surface area contributed by atoms with Crippen LogP contribution in [-0.4, -0.2) is 20.2 Å². The number of carbonyl (C=O) groups excluding carboxylic acids is 1. The van der Waals surface area contributed by atoms with E-state index < -0.39 is 5.91 Å². The van der Waals surface area contributed by atoms with E-state index in [2.05, 4.69) is 5.16 Å². The number of nitrogens with zero attached hydrogens (tertiary/aromatic N) is 3. The van der Waals surface area contributed by atoms with Crippen molar-refractivity contribution in [3.05, 3.63) is 46.0 Å². The molecule has 0 aliphatic rings. The number of benzene rings is 1. The molecule has 0 radical (unpaired) electrons. The van der Waals surface area contributed by atoms with Crippen LogP contribution in [0.25, 0.3) is 16.9 Å². The molecule has 2 aromatic heterocycles. The molecule has 7 nitrogen and oxygen atoms in total. The van der Waals surface area contributed by atoms with Crippen molar-refractivity contribution in [3.63, 3.8) is 0 Å². The molecule has 2 heterocycles. The monoisotopic (exact) mass is 272 g/mol. The highest BCUT2D eigenvalue weighted by molar-refractivity contribution is 5.96. The van der Waals surface area contributed by atoms with Gasteiger partial charge in [-0.15, -0.1) is 0 Å². The number of fused-ring (bicyclic) bond motifs is 1. The normalized spacial score (nSPS) is 11.1. The van der Waals surface area contributed by atoms with Crippen molar-refractivity contribution in [1.29, 1.82) is 0 Å². The van der Waals surface area contributed by atoms with Gasteiger partial charge in [0.1, 0.15) is 0 Å². The molecule has 3 aromatic rings. The predicted octanol–water partition coefficient (Wildman–Crippen LogP) is 0.725. The van der Waals surface area contributed by atoms with Crippen molar-refractivity contribution in [1.82, 2.24) is 14.3 Å². The number of primary amides is 1. The molecule has 0 fully saturated rings. The summed E-state index contributed by atoms with van der Waals surface area (Å²) in [6, 6.07) is 6.48. The lowest BCUT2D eigenvalue weighted by Crippen LogP contribution is -2.20. The highest BCUT2D eigenvalue weighted by atomic mass is 16.5. The molecular formula is C13H12N4O3. The zero-order chi connectivity index (χ0) is 14.4. The van der Waals surface area contributed by atoms with E-state index >= 15 is 0 Å². The summed E-state index contributed by atoms with van der Waals surface area (Å²) in [6.07, 6.45) is 0. The van der Waals surface area contributed by atoms with Crippen molar-refractivity contribution in [2.24, 2.45) is 12.8 Å². The van der Waals surface area contributed by atoms with Crippen molar-refractivity contribution in [2.75, 3.05) is 0 Å². The van der Waals surface area contributed by atoms with Crippen molar-refractivity contribution in [2.45, 2.75) is 6.92 Å². The van der Waals surface area contributed by atoms with Crippen LogP contribution in [0, 0.1) is 6.92 Å². The Morgan fingerprint density at radius 3 is 2.65 bits per heavy atom. The van der Waals surface area contributed by atoms with E-state index in [1.54, 1.807) is 38.2 Å². The van der Waals surface area contributed by atoms with Gasteiger partial charge in [0.15, 0.2) is 0 Å². The van der Waals surface area contributed by atoms with Crippen LogP contribution < -0.4 is 11.4 Å². The molecule has 1 amide bonds. The largest absolute Gasteiger partial charge is 0.366 e. The van der Waals surface area contributed by atoms with Gasteiger partial charge >= 0.3 is 5.69 Å². The average molecular weight is 272 g/mol. The van der Waals surface area contributed by atoms with Gasteiger partial charge in [-0.1, -0.05) is 5.16 Å². The van der Waals surface area contributed by atoms with Gasteiger partial charge in [-0.2, -0.15) is 0 Å². The van der Waals surface area contributed by atoms with E-state index in [0.29, 0.717) is 28.2 Å². The molecule has 7 heteroatoms. The number of imidazole rings is 1. The molecule has 0 unspecified atom stereocenters. The molecule has 0 saturated carbocycles. The first kappa shape index (κ1) is 12.2. The minimum atomic E-state index is -0.552. The number of rotatable bonds is 2. The fraction of sp³-hybridized carbons (Fsp3) is 0.154. The number of nitrogens with two attached hydrogens (primary N) is 1. The topological polar surface area (TPSA) is 96.1 Å². The molecular weight excluding hydrogens is 260 g/mol. The number of carbonyl (C=O) groups is 1. The molecule has 0 spiro atoms. The van der Waals surface area contributed by atoms with Crippen molar-refractivity contribution < 1.29 is 9.32 Å². The molecule has 3 rings (SSSR count). The third-order valence-electron chi connectivity index (χ3n) is 3.18. The van der Waals surface area contributed by atoms with E-state index in [4.69, 9.17) is 10.3 Å². The van der Waals surface area contributed by atoms with Crippen molar-refractivity contribution >= 4 is 16.9 Å². The van der Waals surface area contributed by atoms with Gasteiger partial charge < -0.3 is 10.3 Å². The molecule has 1 aromatic carbocycles. The summed E-state index contributed by atoms with van der Waals surface area (Å²) in [7, 11) is 1.65. The van der Waals surface area contributed by atoms with Crippen LogP contribution in [0.1, 0.15) is 16.1 Å². The lowest BCUT2D eigenvalue weighted by molar-refractivity contribution is 0.100. The summed E-state index contributed by atoms with van der Waals surface area (Å²) in [4.78, 5) is 23.6. The summed E-state index contributed by atoms with van der Waals surface area (Å²) in [5.41, 5.74) is 7.20. The van der Waals surface area contributed by atoms with Crippen LogP contribution in [0.5, 0.6) is 0 Å². The first-order valence-electron chi connectivity index (χ1n) is 5.94. The number of amides is 1. The number of hydrogen-bond acceptors (Lipinski definition) is 4. The summed E-state index contributed by atoms with van der Waals surface area (Å²) < 4.78 is 7.97. The quantitative estimate of drug-likeness (QED) is 0.743. The van der Waals surface area contributed by atoms with Gasteiger partial charge in [-0.05, 0) is 25.1 Å². The Morgan fingerprint density at radius 1 is 1.30 bits per heavy atom.